The molecule has 5 unspecified atom stereocenters. The Morgan fingerprint density at radius 1 is 0.643 bits per heavy atom. The van der Waals surface area contributed by atoms with Gasteiger partial charge in [-0.2, -0.15) is 5.10 Å². The van der Waals surface area contributed by atoms with Crippen molar-refractivity contribution in [2.45, 2.75) is 162 Å². The number of carbonyl (C=O) groups is 8. The van der Waals surface area contributed by atoms with Crippen LogP contribution >= 0.6 is 11.6 Å². The summed E-state index contributed by atoms with van der Waals surface area (Å²) in [5.41, 5.74) is 8.73. The fourth-order valence-electron chi connectivity index (χ4n) is 10.3. The number of ether oxygens (including phenoxy) is 2. The Morgan fingerprint density at radius 2 is 1.13 bits per heavy atom. The van der Waals surface area contributed by atoms with Gasteiger partial charge in [-0.25, -0.2) is 30.7 Å². The number of rotatable bonds is 12. The fourth-order valence-corrected chi connectivity index (χ4v) is 10.5. The van der Waals surface area contributed by atoms with Crippen LogP contribution in [-0.4, -0.2) is 96.5 Å². The second-order valence-electron chi connectivity index (χ2n) is 21.3. The van der Waals surface area contributed by atoms with Crippen LogP contribution in [0.1, 0.15) is 145 Å². The molecule has 0 bridgehead atoms. The standard InChI is InChI=1S/C20H20ClF3N4O2.C13H14F2O2.C13H14O3.C6H8F2O2.C6H8O3.2CH4/c21-13-8-12(1-2-14(13)22)18-17(19(25)30)15-10-27(5-6-28(15)26-18)16(29)7-11-3-4-20(23,24)9-11;14-13(15)7-6-11(8-13)12(16)17-9-10-4-2-1-3-5-10;14-12-7-6-11(8-12)13(15)16-9-10-4-2-1-3-5-10;7-6(8)2-1-4(3-6)5(9)10;7-5-2-1-4(3-5)6(8)9;;/h1-2,8,11H,3-7,9-10H2,(H2,25,30);1-5,11H,6-9H2;1-5,11H,6-9H2;4H,1-3H2,(H,9,10);4H,1-3H2,(H,8,9);2*1H4. The maximum atomic E-state index is 13.5. The largest absolute Gasteiger partial charge is 0.481 e. The van der Waals surface area contributed by atoms with E-state index in [1.807, 2.05) is 60.7 Å². The minimum absolute atomic E-state index is 0. The van der Waals surface area contributed by atoms with Crippen LogP contribution in [0.3, 0.4) is 0 Å². The first kappa shape index (κ1) is 69.3. The number of fused-ring (bicyclic) bond motifs is 1. The van der Waals surface area contributed by atoms with Crippen molar-refractivity contribution < 1.29 is 88.8 Å². The molecule has 5 aliphatic carbocycles. The van der Waals surface area contributed by atoms with Gasteiger partial charge in [-0.15, -0.1) is 0 Å². The van der Waals surface area contributed by atoms with E-state index in [0.717, 1.165) is 11.1 Å². The summed E-state index contributed by atoms with van der Waals surface area (Å²) >= 11 is 5.86. The van der Waals surface area contributed by atoms with Gasteiger partial charge in [-0.1, -0.05) is 87.1 Å². The first-order chi connectivity index (χ1) is 38.7. The van der Waals surface area contributed by atoms with Crippen LogP contribution in [0.15, 0.2) is 78.9 Å². The molecule has 1 aromatic heterocycles. The van der Waals surface area contributed by atoms with Gasteiger partial charge < -0.3 is 30.3 Å². The molecule has 6 aliphatic rings. The van der Waals surface area contributed by atoms with Crippen molar-refractivity contribution in [1.29, 1.82) is 0 Å². The molecule has 460 valence electrons. The molecule has 3 aromatic carbocycles. The van der Waals surface area contributed by atoms with Gasteiger partial charge >= 0.3 is 23.9 Å². The summed E-state index contributed by atoms with van der Waals surface area (Å²) < 4.78 is 103. The van der Waals surface area contributed by atoms with E-state index in [9.17, 15) is 69.1 Å². The molecule has 4 aromatic rings. The summed E-state index contributed by atoms with van der Waals surface area (Å²) in [5, 5.41) is 21.0. The molecule has 0 saturated heterocycles. The first-order valence-corrected chi connectivity index (χ1v) is 27.2. The topological polar surface area (TPSA) is 243 Å². The van der Waals surface area contributed by atoms with Gasteiger partial charge in [0.2, 0.25) is 23.7 Å². The molecule has 24 heteroatoms. The van der Waals surface area contributed by atoms with E-state index in [1.54, 1.807) is 9.58 Å². The number of aromatic nitrogens is 2. The van der Waals surface area contributed by atoms with Crippen molar-refractivity contribution in [2.24, 2.45) is 35.3 Å². The van der Waals surface area contributed by atoms with Gasteiger partial charge in [-0.3, -0.25) is 43.0 Å². The van der Waals surface area contributed by atoms with E-state index in [-0.39, 0.29) is 137 Å². The third-order valence-electron chi connectivity index (χ3n) is 14.9. The highest BCUT2D eigenvalue weighted by atomic mass is 35.5. The summed E-state index contributed by atoms with van der Waals surface area (Å²) in [5.74, 6) is -14.5. The lowest BCUT2D eigenvalue weighted by Gasteiger charge is -2.29. The number of carboxylic acid groups (broad SMARTS) is 2. The molecule has 0 radical (unpaired) electrons. The van der Waals surface area contributed by atoms with Gasteiger partial charge in [0.15, 0.2) is 0 Å². The lowest BCUT2D eigenvalue weighted by Crippen LogP contribution is -2.39. The highest BCUT2D eigenvalue weighted by Gasteiger charge is 2.44. The lowest BCUT2D eigenvalue weighted by atomic mass is 10.0. The number of benzene rings is 3. The summed E-state index contributed by atoms with van der Waals surface area (Å²) in [4.78, 5) is 91.4. The van der Waals surface area contributed by atoms with Gasteiger partial charge in [0.1, 0.15) is 36.3 Å². The Hall–Kier alpha value is -7.17. The number of nitrogens with two attached hydrogens (primary N) is 1. The van der Waals surface area contributed by atoms with Gasteiger partial charge in [-0.05, 0) is 67.3 Å². The predicted octanol–water partition coefficient (Wildman–Crippen LogP) is 12.1. The van der Waals surface area contributed by atoms with Crippen LogP contribution in [0.25, 0.3) is 11.3 Å². The third-order valence-corrected chi connectivity index (χ3v) is 15.1. The molecular formula is C60H72ClF7N4O12. The van der Waals surface area contributed by atoms with Crippen LogP contribution in [0.5, 0.6) is 0 Å². The number of alkyl halides is 6. The molecule has 5 saturated carbocycles. The minimum atomic E-state index is -2.73. The Morgan fingerprint density at radius 3 is 1.55 bits per heavy atom. The number of hydrogen-bond donors (Lipinski definition) is 3. The number of carbonyl (C=O) groups excluding carboxylic acids is 6. The molecule has 84 heavy (non-hydrogen) atoms. The molecule has 16 nitrogen and oxygen atoms in total. The normalized spacial score (nSPS) is 22.0. The summed E-state index contributed by atoms with van der Waals surface area (Å²) in [6.07, 6.45) is 1.67. The molecule has 0 spiro atoms. The Kier molecular flexibility index (Phi) is 25.7. The van der Waals surface area contributed by atoms with E-state index in [4.69, 9.17) is 37.0 Å². The van der Waals surface area contributed by atoms with Crippen LogP contribution in [0.2, 0.25) is 5.02 Å². The van der Waals surface area contributed by atoms with E-state index >= 15 is 0 Å². The summed E-state index contributed by atoms with van der Waals surface area (Å²) in [6.45, 7) is 1.23. The number of ketones is 2. The van der Waals surface area contributed by atoms with Crippen molar-refractivity contribution in [1.82, 2.24) is 14.7 Å². The second-order valence-corrected chi connectivity index (χ2v) is 21.7. The maximum Gasteiger partial charge on any atom is 0.309 e. The molecule has 5 fully saturated rings. The quantitative estimate of drug-likeness (QED) is 0.0884. The van der Waals surface area contributed by atoms with Crippen LogP contribution in [0, 0.1) is 35.4 Å². The van der Waals surface area contributed by atoms with Crippen molar-refractivity contribution in [2.75, 3.05) is 6.54 Å². The van der Waals surface area contributed by atoms with Crippen LogP contribution in [-0.2, 0) is 69.3 Å². The number of amides is 2. The molecule has 2 heterocycles. The van der Waals surface area contributed by atoms with E-state index in [2.05, 4.69) is 5.10 Å². The van der Waals surface area contributed by atoms with Crippen molar-refractivity contribution in [3.05, 3.63) is 112 Å². The Bertz CT molecular complexity index is 2930. The fraction of sp³-hybridized carbons (Fsp3) is 0.517. The van der Waals surface area contributed by atoms with Gasteiger partial charge in [0.25, 0.3) is 5.91 Å². The van der Waals surface area contributed by atoms with Crippen LogP contribution < -0.4 is 5.73 Å². The van der Waals surface area contributed by atoms with Gasteiger partial charge in [0, 0.05) is 82.7 Å². The number of nitrogens with zero attached hydrogens (tertiary/aromatic N) is 3. The highest BCUT2D eigenvalue weighted by molar-refractivity contribution is 6.31. The van der Waals surface area contributed by atoms with Crippen molar-refractivity contribution >= 4 is 58.9 Å². The zero-order valence-corrected chi connectivity index (χ0v) is 45.4. The molecule has 2 amide bonds. The molecular weight excluding hydrogens is 1140 g/mol. The number of hydrogen-bond acceptors (Lipinski definition) is 11. The van der Waals surface area contributed by atoms with E-state index < -0.39 is 71.6 Å². The zero-order chi connectivity index (χ0) is 59.9. The number of halogens is 8. The average molecular weight is 1210 g/mol. The molecule has 10 rings (SSSR count). The SMILES string of the molecule is C.C.NC(=O)c1c(-c2ccc(F)c(Cl)c2)nn2c1CN(C(=O)CC1CCC(F)(F)C1)CC2.O=C(O)C1CCC(F)(F)C1.O=C(OCc1ccccc1)C1CCC(F)(F)C1.O=C1CCC(C(=O)O)C1.O=C1CCC(C(=O)OCc2ccccc2)C1. The van der Waals surface area contributed by atoms with E-state index in [1.165, 1.54) is 18.2 Å². The molecule has 1 aliphatic heterocycles. The number of Topliss-reactive ketones (excluding diaryl/α,β-unsaturated/α-hetero) is 2. The number of aliphatic carboxylic acids is 2. The first-order valence-electron chi connectivity index (χ1n) is 26.8. The Labute approximate surface area is 487 Å². The van der Waals surface area contributed by atoms with E-state index in [0.29, 0.717) is 69.5 Å². The zero-order valence-electron chi connectivity index (χ0n) is 44.7. The summed E-state index contributed by atoms with van der Waals surface area (Å²) in [7, 11) is 0. The smallest absolute Gasteiger partial charge is 0.309 e. The lowest BCUT2D eigenvalue weighted by molar-refractivity contribution is -0.151. The van der Waals surface area contributed by atoms with Crippen molar-refractivity contribution in [3.63, 3.8) is 0 Å². The highest BCUT2D eigenvalue weighted by Crippen LogP contribution is 2.42. The molecule has 5 atom stereocenters. The monoisotopic (exact) mass is 1210 g/mol. The van der Waals surface area contributed by atoms with Crippen LogP contribution in [0.4, 0.5) is 30.7 Å². The minimum Gasteiger partial charge on any atom is -0.481 e. The maximum absolute atomic E-state index is 13.5. The summed E-state index contributed by atoms with van der Waals surface area (Å²) in [6, 6.07) is 22.7. The number of primary amides is 1. The third kappa shape index (κ3) is 20.9. The molecule has 4 N–H and O–H groups in total. The number of esters is 2. The van der Waals surface area contributed by atoms with Gasteiger partial charge in [0.05, 0.1) is 53.0 Å². The average Bonchev–Trinajstić information content (AvgIpc) is 2.25. The predicted molar refractivity (Wildman–Crippen MR) is 294 cm³/mol. The van der Waals surface area contributed by atoms with Crippen molar-refractivity contribution in [3.8, 4) is 11.3 Å². The Balaban J connectivity index is 0.000000241. The second kappa shape index (κ2) is 31.1. The number of carboxylic acids is 2.